The van der Waals surface area contributed by atoms with Crippen LogP contribution < -0.4 is 15.4 Å². The Labute approximate surface area is 137 Å². The van der Waals surface area contributed by atoms with Crippen LogP contribution in [0.25, 0.3) is 0 Å². The van der Waals surface area contributed by atoms with Crippen LogP contribution in [0.5, 0.6) is 5.75 Å². The van der Waals surface area contributed by atoms with Gasteiger partial charge in [0.15, 0.2) is 6.61 Å². The maximum Gasteiger partial charge on any atom is 0.321 e. The standard InChI is InChI=1S/C13H15Cl3N2O3/c1-3-7(2)17-13(20)18-12(19)6-21-11-5-9(15)8(14)4-10(11)16/h4-5,7H,3,6H2,1-2H3,(H2,17,18,19,20)/t7-/m0/s1. The predicted molar refractivity (Wildman–Crippen MR) is 83.4 cm³/mol. The fourth-order valence-corrected chi connectivity index (χ4v) is 1.87. The second kappa shape index (κ2) is 8.32. The van der Waals surface area contributed by atoms with Crippen molar-refractivity contribution in [3.05, 3.63) is 27.2 Å². The summed E-state index contributed by atoms with van der Waals surface area (Å²) in [7, 11) is 0. The molecule has 8 heteroatoms. The highest BCUT2D eigenvalue weighted by Crippen LogP contribution is 2.33. The lowest BCUT2D eigenvalue weighted by Gasteiger charge is -2.12. The van der Waals surface area contributed by atoms with Gasteiger partial charge < -0.3 is 10.1 Å². The zero-order chi connectivity index (χ0) is 16.0. The summed E-state index contributed by atoms with van der Waals surface area (Å²) in [6.45, 7) is 3.38. The number of ether oxygens (including phenoxy) is 1. The van der Waals surface area contributed by atoms with Crippen molar-refractivity contribution in [2.24, 2.45) is 0 Å². The summed E-state index contributed by atoms with van der Waals surface area (Å²) in [5, 5.41) is 5.50. The number of nitrogens with one attached hydrogen (secondary N) is 2. The van der Waals surface area contributed by atoms with Crippen LogP contribution in [0.15, 0.2) is 12.1 Å². The smallest absolute Gasteiger partial charge is 0.321 e. The molecule has 3 amide bonds. The van der Waals surface area contributed by atoms with E-state index >= 15 is 0 Å². The highest BCUT2D eigenvalue weighted by molar-refractivity contribution is 6.43. The van der Waals surface area contributed by atoms with Crippen LogP contribution in [0.3, 0.4) is 0 Å². The molecule has 21 heavy (non-hydrogen) atoms. The van der Waals surface area contributed by atoms with Crippen molar-refractivity contribution in [1.29, 1.82) is 0 Å². The number of imide groups is 1. The summed E-state index contributed by atoms with van der Waals surface area (Å²) in [5.74, 6) is -0.388. The number of benzene rings is 1. The van der Waals surface area contributed by atoms with E-state index in [1.165, 1.54) is 12.1 Å². The molecule has 2 N–H and O–H groups in total. The van der Waals surface area contributed by atoms with Gasteiger partial charge in [0.1, 0.15) is 5.75 Å². The molecule has 0 fully saturated rings. The van der Waals surface area contributed by atoms with Crippen molar-refractivity contribution >= 4 is 46.7 Å². The first-order valence-corrected chi connectivity index (χ1v) is 7.34. The molecule has 1 rings (SSSR count). The molecule has 0 bridgehead atoms. The minimum Gasteiger partial charge on any atom is -0.482 e. The number of amides is 3. The van der Waals surface area contributed by atoms with E-state index in [0.29, 0.717) is 0 Å². The summed E-state index contributed by atoms with van der Waals surface area (Å²) in [6, 6.07) is 2.22. The van der Waals surface area contributed by atoms with Gasteiger partial charge >= 0.3 is 6.03 Å². The van der Waals surface area contributed by atoms with Crippen LogP contribution >= 0.6 is 34.8 Å². The average Bonchev–Trinajstić information content (AvgIpc) is 2.41. The fourth-order valence-electron chi connectivity index (χ4n) is 1.28. The van der Waals surface area contributed by atoms with Crippen molar-refractivity contribution in [3.8, 4) is 5.75 Å². The summed E-state index contributed by atoms with van der Waals surface area (Å²) >= 11 is 17.5. The Morgan fingerprint density at radius 3 is 2.43 bits per heavy atom. The summed E-state index contributed by atoms with van der Waals surface area (Å²) < 4.78 is 5.20. The molecule has 0 radical (unpaired) electrons. The highest BCUT2D eigenvalue weighted by atomic mass is 35.5. The third-order valence-electron chi connectivity index (χ3n) is 2.58. The van der Waals surface area contributed by atoms with E-state index in [-0.39, 0.29) is 33.5 Å². The summed E-state index contributed by atoms with van der Waals surface area (Å²) in [4.78, 5) is 23.0. The van der Waals surface area contributed by atoms with E-state index in [1.54, 1.807) is 0 Å². The van der Waals surface area contributed by atoms with Crippen molar-refractivity contribution in [3.63, 3.8) is 0 Å². The maximum absolute atomic E-state index is 11.6. The molecule has 0 aromatic heterocycles. The Morgan fingerprint density at radius 1 is 1.19 bits per heavy atom. The molecular formula is C13H15Cl3N2O3. The maximum atomic E-state index is 11.6. The fraction of sp³-hybridized carbons (Fsp3) is 0.385. The van der Waals surface area contributed by atoms with Gasteiger partial charge in [0.05, 0.1) is 15.1 Å². The number of hydrogen-bond donors (Lipinski definition) is 2. The topological polar surface area (TPSA) is 67.4 Å². The highest BCUT2D eigenvalue weighted by Gasteiger charge is 2.12. The zero-order valence-corrected chi connectivity index (χ0v) is 13.8. The van der Waals surface area contributed by atoms with E-state index in [4.69, 9.17) is 39.5 Å². The largest absolute Gasteiger partial charge is 0.482 e. The zero-order valence-electron chi connectivity index (χ0n) is 11.5. The Hall–Kier alpha value is -1.17. The van der Waals surface area contributed by atoms with E-state index in [0.717, 1.165) is 6.42 Å². The molecule has 0 aliphatic heterocycles. The van der Waals surface area contributed by atoms with Gasteiger partial charge in [-0.25, -0.2) is 4.79 Å². The van der Waals surface area contributed by atoms with Crippen LogP contribution in [-0.2, 0) is 4.79 Å². The molecule has 0 saturated heterocycles. The first-order chi connectivity index (χ1) is 9.83. The molecule has 0 aliphatic rings. The van der Waals surface area contributed by atoms with Crippen molar-refractivity contribution < 1.29 is 14.3 Å². The molecule has 5 nitrogen and oxygen atoms in total. The molecule has 0 spiro atoms. The van der Waals surface area contributed by atoms with Gasteiger partial charge in [0, 0.05) is 12.1 Å². The lowest BCUT2D eigenvalue weighted by Crippen LogP contribution is -2.44. The van der Waals surface area contributed by atoms with Gasteiger partial charge in [0.25, 0.3) is 5.91 Å². The van der Waals surface area contributed by atoms with Crippen LogP contribution in [0.1, 0.15) is 20.3 Å². The number of rotatable bonds is 5. The normalized spacial score (nSPS) is 11.7. The Kier molecular flexibility index (Phi) is 7.08. The molecule has 1 aromatic carbocycles. The number of carbonyl (C=O) groups excluding carboxylic acids is 2. The van der Waals surface area contributed by atoms with Gasteiger partial charge in [-0.2, -0.15) is 0 Å². The number of halogens is 3. The van der Waals surface area contributed by atoms with E-state index in [1.807, 2.05) is 13.8 Å². The van der Waals surface area contributed by atoms with Crippen molar-refractivity contribution in [2.45, 2.75) is 26.3 Å². The van der Waals surface area contributed by atoms with Gasteiger partial charge in [-0.05, 0) is 19.4 Å². The Morgan fingerprint density at radius 2 is 1.81 bits per heavy atom. The molecule has 0 heterocycles. The van der Waals surface area contributed by atoms with Crippen molar-refractivity contribution in [1.82, 2.24) is 10.6 Å². The van der Waals surface area contributed by atoms with E-state index < -0.39 is 11.9 Å². The first-order valence-electron chi connectivity index (χ1n) is 6.21. The summed E-state index contributed by atoms with van der Waals surface area (Å²) in [5.41, 5.74) is 0. The van der Waals surface area contributed by atoms with Crippen LogP contribution in [0.2, 0.25) is 15.1 Å². The van der Waals surface area contributed by atoms with E-state index in [9.17, 15) is 9.59 Å². The number of hydrogen-bond acceptors (Lipinski definition) is 3. The second-order valence-electron chi connectivity index (χ2n) is 4.32. The Bertz CT molecular complexity index is 538. The van der Waals surface area contributed by atoms with Crippen LogP contribution in [0, 0.1) is 0 Å². The lowest BCUT2D eigenvalue weighted by molar-refractivity contribution is -0.122. The van der Waals surface area contributed by atoms with E-state index in [2.05, 4.69) is 10.6 Å². The first kappa shape index (κ1) is 17.9. The monoisotopic (exact) mass is 352 g/mol. The van der Waals surface area contributed by atoms with Gasteiger partial charge in [-0.15, -0.1) is 0 Å². The molecule has 0 saturated carbocycles. The second-order valence-corrected chi connectivity index (χ2v) is 5.54. The summed E-state index contributed by atoms with van der Waals surface area (Å²) in [6.07, 6.45) is 0.761. The van der Waals surface area contributed by atoms with Gasteiger partial charge in [-0.3, -0.25) is 10.1 Å². The molecule has 1 atom stereocenters. The third kappa shape index (κ3) is 5.99. The van der Waals surface area contributed by atoms with Crippen LogP contribution in [-0.4, -0.2) is 24.6 Å². The molecule has 1 aromatic rings. The van der Waals surface area contributed by atoms with Crippen LogP contribution in [0.4, 0.5) is 4.79 Å². The van der Waals surface area contributed by atoms with Gasteiger partial charge in [-0.1, -0.05) is 41.7 Å². The predicted octanol–water partition coefficient (Wildman–Crippen LogP) is 3.65. The molecule has 0 aliphatic carbocycles. The molecule has 0 unspecified atom stereocenters. The molecular weight excluding hydrogens is 339 g/mol. The Balaban J connectivity index is 2.50. The number of urea groups is 1. The SMILES string of the molecule is CC[C@H](C)NC(=O)NC(=O)COc1cc(Cl)c(Cl)cc1Cl. The third-order valence-corrected chi connectivity index (χ3v) is 3.59. The van der Waals surface area contributed by atoms with Gasteiger partial charge in [0.2, 0.25) is 0 Å². The average molecular weight is 354 g/mol. The minimum absolute atomic E-state index is 0.0248. The molecule has 116 valence electrons. The minimum atomic E-state index is -0.599. The quantitative estimate of drug-likeness (QED) is 0.794. The lowest BCUT2D eigenvalue weighted by atomic mass is 10.3. The van der Waals surface area contributed by atoms with Crippen molar-refractivity contribution in [2.75, 3.05) is 6.61 Å². The number of carbonyl (C=O) groups is 2.